The molecule has 14 heavy (non-hydrogen) atoms. The van der Waals surface area contributed by atoms with E-state index in [-0.39, 0.29) is 5.05 Å². The molecule has 5 nitrogen and oxygen atoms in total. The van der Waals surface area contributed by atoms with Gasteiger partial charge in [0.15, 0.2) is 5.05 Å². The average molecular weight is 240 g/mol. The molecule has 0 rings (SSSR count). The molecule has 0 N–H and O–H groups in total. The molecule has 0 aromatic heterocycles. The molecule has 0 aliphatic rings. The second kappa shape index (κ2) is 6.30. The lowest BCUT2D eigenvalue weighted by atomic mass is 10.9. The van der Waals surface area contributed by atoms with Crippen molar-refractivity contribution in [2.24, 2.45) is 0 Å². The average Bonchev–Trinajstić information content (AvgIpc) is 2.04. The predicted octanol–water partition coefficient (Wildman–Crippen LogP) is 0.674. The summed E-state index contributed by atoms with van der Waals surface area (Å²) >= 11 is 0. The lowest BCUT2D eigenvalue weighted by molar-refractivity contribution is 0.121. The van der Waals surface area contributed by atoms with E-state index in [1.54, 1.807) is 20.4 Å². The van der Waals surface area contributed by atoms with Gasteiger partial charge in [0, 0.05) is 19.8 Å². The molecule has 0 heterocycles. The van der Waals surface area contributed by atoms with E-state index in [4.69, 9.17) is 13.3 Å². The van der Waals surface area contributed by atoms with Crippen molar-refractivity contribution in [3.05, 3.63) is 0 Å². The smallest absolute Gasteiger partial charge is 0.374 e. The zero-order valence-corrected chi connectivity index (χ0v) is 10.7. The first-order chi connectivity index (χ1) is 6.45. The van der Waals surface area contributed by atoms with Crippen LogP contribution in [0.25, 0.3) is 0 Å². The maximum atomic E-state index is 10.5. The molecule has 0 aliphatic carbocycles. The van der Waals surface area contributed by atoms with Gasteiger partial charge in [-0.3, -0.25) is 0 Å². The van der Waals surface area contributed by atoms with Gasteiger partial charge < -0.3 is 13.3 Å². The van der Waals surface area contributed by atoms with Crippen molar-refractivity contribution in [3.63, 3.8) is 0 Å². The normalized spacial score (nSPS) is 11.4. The van der Waals surface area contributed by atoms with E-state index in [1.165, 1.54) is 6.92 Å². The molecule has 0 radical (unpaired) electrons. The van der Waals surface area contributed by atoms with Crippen molar-refractivity contribution in [1.29, 1.82) is 0 Å². The standard InChI is InChI=1S/C7H16O5SSi/c1-5-10-14(4,11-6-2)12-7(3)13(8)9/h5-6H2,1-4H3. The number of rotatable bonds is 5. The summed E-state index contributed by atoms with van der Waals surface area (Å²) in [6, 6.07) is 0. The third-order valence-corrected chi connectivity index (χ3v) is 4.38. The van der Waals surface area contributed by atoms with Gasteiger partial charge in [-0.2, -0.15) is 8.42 Å². The summed E-state index contributed by atoms with van der Waals surface area (Å²) in [5.41, 5.74) is 0. The van der Waals surface area contributed by atoms with Gasteiger partial charge in [-0.25, -0.2) is 0 Å². The van der Waals surface area contributed by atoms with E-state index in [2.05, 4.69) is 0 Å². The maximum Gasteiger partial charge on any atom is 0.503 e. The second-order valence-electron chi connectivity index (χ2n) is 2.56. The van der Waals surface area contributed by atoms with Crippen molar-refractivity contribution in [2.75, 3.05) is 13.2 Å². The van der Waals surface area contributed by atoms with Gasteiger partial charge >= 0.3 is 8.80 Å². The third kappa shape index (κ3) is 4.87. The minimum atomic E-state index is -2.81. The van der Waals surface area contributed by atoms with E-state index in [9.17, 15) is 8.42 Å². The quantitative estimate of drug-likeness (QED) is 0.522. The van der Waals surface area contributed by atoms with Crippen molar-refractivity contribution < 1.29 is 21.7 Å². The first-order valence-corrected chi connectivity index (χ1v) is 7.65. The fraction of sp³-hybridized carbons (Fsp3) is 0.857. The van der Waals surface area contributed by atoms with Crippen LogP contribution in [0.1, 0.15) is 20.8 Å². The molecule has 0 fully saturated rings. The first kappa shape index (κ1) is 13.8. The van der Waals surface area contributed by atoms with Crippen LogP contribution in [0, 0.1) is 0 Å². The van der Waals surface area contributed by atoms with Crippen molar-refractivity contribution in [2.45, 2.75) is 27.3 Å². The molecule has 84 valence electrons. The van der Waals surface area contributed by atoms with Gasteiger partial charge in [-0.1, -0.05) is 0 Å². The minimum absolute atomic E-state index is 0.0962. The van der Waals surface area contributed by atoms with Gasteiger partial charge in [0.25, 0.3) is 0 Å². The molecular formula is C7H16O5SSi. The Morgan fingerprint density at radius 1 is 1.21 bits per heavy atom. The minimum Gasteiger partial charge on any atom is -0.374 e. The summed E-state index contributed by atoms with van der Waals surface area (Å²) < 4.78 is 36.8. The highest BCUT2D eigenvalue weighted by Crippen LogP contribution is 2.09. The highest BCUT2D eigenvalue weighted by atomic mass is 32.2. The van der Waals surface area contributed by atoms with E-state index in [1.807, 2.05) is 0 Å². The Hall–Kier alpha value is -0.213. The van der Waals surface area contributed by atoms with Crippen molar-refractivity contribution in [1.82, 2.24) is 0 Å². The largest absolute Gasteiger partial charge is 0.503 e. The zero-order chi connectivity index (χ0) is 11.2. The Morgan fingerprint density at radius 2 is 1.64 bits per heavy atom. The summed E-state index contributed by atoms with van der Waals surface area (Å²) in [5.74, 6) is 0. The fourth-order valence-electron chi connectivity index (χ4n) is 0.920. The molecule has 0 amide bonds. The monoisotopic (exact) mass is 240 g/mol. The van der Waals surface area contributed by atoms with Gasteiger partial charge in [0.2, 0.25) is 10.3 Å². The van der Waals surface area contributed by atoms with Gasteiger partial charge in [-0.05, 0) is 20.8 Å². The highest BCUT2D eigenvalue weighted by Gasteiger charge is 2.35. The number of hydrogen-bond donors (Lipinski definition) is 0. The van der Waals surface area contributed by atoms with Gasteiger partial charge in [-0.15, -0.1) is 0 Å². The molecular weight excluding hydrogens is 224 g/mol. The lowest BCUT2D eigenvalue weighted by Gasteiger charge is -2.23. The molecule has 0 saturated carbocycles. The molecule has 7 heteroatoms. The molecule has 0 aromatic rings. The molecule has 0 unspecified atom stereocenters. The second-order valence-corrected chi connectivity index (χ2v) is 6.11. The molecule has 0 spiro atoms. The Balaban J connectivity index is 4.60. The number of hydrogen-bond acceptors (Lipinski definition) is 5. The summed E-state index contributed by atoms with van der Waals surface area (Å²) in [7, 11) is -5.15. The van der Waals surface area contributed by atoms with Gasteiger partial charge in [0.05, 0.1) is 0 Å². The van der Waals surface area contributed by atoms with Crippen LogP contribution >= 0.6 is 0 Å². The highest BCUT2D eigenvalue weighted by molar-refractivity contribution is 7.72. The van der Waals surface area contributed by atoms with Crippen molar-refractivity contribution in [3.8, 4) is 0 Å². The predicted molar refractivity (Wildman–Crippen MR) is 55.6 cm³/mol. The van der Waals surface area contributed by atoms with Crippen LogP contribution in [0.2, 0.25) is 6.55 Å². The molecule has 0 aromatic carbocycles. The Bertz CT molecular complexity index is 283. The third-order valence-electron chi connectivity index (χ3n) is 1.38. The molecule has 0 atom stereocenters. The van der Waals surface area contributed by atoms with E-state index in [0.29, 0.717) is 13.2 Å². The van der Waals surface area contributed by atoms with Crippen molar-refractivity contribution >= 4 is 24.1 Å². The van der Waals surface area contributed by atoms with Crippen LogP contribution in [0.5, 0.6) is 0 Å². The molecule has 0 bridgehead atoms. The SMILES string of the molecule is CCO[Si](C)(OCC)OC(C)=S(=O)=O. The van der Waals surface area contributed by atoms with Crippen LogP contribution < -0.4 is 0 Å². The lowest BCUT2D eigenvalue weighted by Crippen LogP contribution is -2.44. The van der Waals surface area contributed by atoms with Crippen LogP contribution in [-0.2, 0) is 23.6 Å². The maximum absolute atomic E-state index is 10.5. The van der Waals surface area contributed by atoms with Crippen LogP contribution in [-0.4, -0.2) is 35.5 Å². The van der Waals surface area contributed by atoms with Crippen LogP contribution in [0.15, 0.2) is 0 Å². The van der Waals surface area contributed by atoms with E-state index < -0.39 is 19.1 Å². The first-order valence-electron chi connectivity index (χ1n) is 4.35. The molecule has 0 aliphatic heterocycles. The zero-order valence-electron chi connectivity index (χ0n) is 8.86. The van der Waals surface area contributed by atoms with E-state index >= 15 is 0 Å². The fourth-order valence-corrected chi connectivity index (χ4v) is 3.42. The summed E-state index contributed by atoms with van der Waals surface area (Å²) in [5, 5.41) is -0.0962. The molecule has 0 saturated heterocycles. The Labute approximate surface area is 86.9 Å². The Kier molecular flexibility index (Phi) is 6.21. The summed E-state index contributed by atoms with van der Waals surface area (Å²) in [6.07, 6.45) is 0. The summed E-state index contributed by atoms with van der Waals surface area (Å²) in [6.45, 7) is 7.50. The topological polar surface area (TPSA) is 61.8 Å². The Morgan fingerprint density at radius 3 is 1.93 bits per heavy atom. The van der Waals surface area contributed by atoms with Crippen LogP contribution in [0.3, 0.4) is 0 Å². The van der Waals surface area contributed by atoms with Crippen LogP contribution in [0.4, 0.5) is 0 Å². The van der Waals surface area contributed by atoms with Gasteiger partial charge in [0.1, 0.15) is 0 Å². The summed E-state index contributed by atoms with van der Waals surface area (Å²) in [4.78, 5) is 0. The van der Waals surface area contributed by atoms with E-state index in [0.717, 1.165) is 0 Å².